The summed E-state index contributed by atoms with van der Waals surface area (Å²) in [6, 6.07) is 7.82. The summed E-state index contributed by atoms with van der Waals surface area (Å²) in [7, 11) is -2.16. The summed E-state index contributed by atoms with van der Waals surface area (Å²) in [6.45, 7) is 0.194. The van der Waals surface area contributed by atoms with Gasteiger partial charge >= 0.3 is 0 Å². The van der Waals surface area contributed by atoms with Crippen LogP contribution in [0, 0.1) is 0 Å². The molecule has 0 saturated carbocycles. The SMILES string of the molecule is COc1ccc(S(=O)(=O)Nc2cccnc2)cc1CN. The van der Waals surface area contributed by atoms with Crippen molar-refractivity contribution in [3.8, 4) is 5.75 Å². The van der Waals surface area contributed by atoms with Crippen LogP contribution in [0.2, 0.25) is 0 Å². The van der Waals surface area contributed by atoms with Crippen molar-refractivity contribution in [3.05, 3.63) is 48.3 Å². The van der Waals surface area contributed by atoms with Crippen molar-refractivity contribution in [1.82, 2.24) is 4.98 Å². The van der Waals surface area contributed by atoms with E-state index < -0.39 is 10.0 Å². The van der Waals surface area contributed by atoms with Gasteiger partial charge in [-0.25, -0.2) is 8.42 Å². The highest BCUT2D eigenvalue weighted by Gasteiger charge is 2.16. The monoisotopic (exact) mass is 293 g/mol. The third-order valence-corrected chi connectivity index (χ3v) is 4.07. The van der Waals surface area contributed by atoms with Crippen LogP contribution in [0.3, 0.4) is 0 Å². The van der Waals surface area contributed by atoms with E-state index in [2.05, 4.69) is 9.71 Å². The molecular weight excluding hydrogens is 278 g/mol. The molecule has 0 spiro atoms. The topological polar surface area (TPSA) is 94.3 Å². The summed E-state index contributed by atoms with van der Waals surface area (Å²) >= 11 is 0. The average Bonchev–Trinajstić information content (AvgIpc) is 2.47. The van der Waals surface area contributed by atoms with Crippen LogP contribution >= 0.6 is 0 Å². The molecule has 0 aliphatic carbocycles. The van der Waals surface area contributed by atoms with Crippen LogP contribution < -0.4 is 15.2 Å². The molecule has 0 aliphatic rings. The zero-order chi connectivity index (χ0) is 14.6. The van der Waals surface area contributed by atoms with E-state index in [4.69, 9.17) is 10.5 Å². The Labute approximate surface area is 117 Å². The minimum Gasteiger partial charge on any atom is -0.496 e. The van der Waals surface area contributed by atoms with Gasteiger partial charge in [-0.1, -0.05) is 0 Å². The number of methoxy groups -OCH3 is 1. The van der Waals surface area contributed by atoms with Crippen molar-refractivity contribution in [2.75, 3.05) is 11.8 Å². The third kappa shape index (κ3) is 3.06. The van der Waals surface area contributed by atoms with Crippen molar-refractivity contribution in [2.24, 2.45) is 5.73 Å². The van der Waals surface area contributed by atoms with Crippen LogP contribution in [-0.2, 0) is 16.6 Å². The number of nitrogens with zero attached hydrogens (tertiary/aromatic N) is 1. The molecule has 0 bridgehead atoms. The highest BCUT2D eigenvalue weighted by atomic mass is 32.2. The first-order valence-electron chi connectivity index (χ1n) is 5.86. The van der Waals surface area contributed by atoms with E-state index in [9.17, 15) is 8.42 Å². The molecular formula is C13H15N3O3S. The summed E-state index contributed by atoms with van der Waals surface area (Å²) < 4.78 is 32.1. The van der Waals surface area contributed by atoms with Crippen LogP contribution in [0.4, 0.5) is 5.69 Å². The molecule has 0 aliphatic heterocycles. The minimum atomic E-state index is -3.67. The zero-order valence-corrected chi connectivity index (χ0v) is 11.7. The van der Waals surface area contributed by atoms with Gasteiger partial charge in [-0.3, -0.25) is 9.71 Å². The van der Waals surface area contributed by atoms with Crippen LogP contribution in [0.1, 0.15) is 5.56 Å². The molecule has 6 nitrogen and oxygen atoms in total. The molecule has 106 valence electrons. The quantitative estimate of drug-likeness (QED) is 0.867. The lowest BCUT2D eigenvalue weighted by atomic mass is 10.2. The number of nitrogens with one attached hydrogen (secondary N) is 1. The van der Waals surface area contributed by atoms with E-state index in [0.717, 1.165) is 0 Å². The molecule has 2 aromatic rings. The van der Waals surface area contributed by atoms with Crippen LogP contribution in [0.25, 0.3) is 0 Å². The third-order valence-electron chi connectivity index (χ3n) is 2.70. The van der Waals surface area contributed by atoms with Crippen LogP contribution in [-0.4, -0.2) is 20.5 Å². The molecule has 0 fully saturated rings. The number of hydrogen-bond acceptors (Lipinski definition) is 5. The molecule has 7 heteroatoms. The van der Waals surface area contributed by atoms with E-state index in [1.807, 2.05) is 0 Å². The van der Waals surface area contributed by atoms with Gasteiger partial charge in [0.2, 0.25) is 0 Å². The molecule has 1 aromatic carbocycles. The molecule has 0 atom stereocenters. The highest BCUT2D eigenvalue weighted by molar-refractivity contribution is 7.92. The Bertz CT molecular complexity index is 687. The Morgan fingerprint density at radius 2 is 2.15 bits per heavy atom. The first-order chi connectivity index (χ1) is 9.56. The maximum atomic E-state index is 12.2. The van der Waals surface area contributed by atoms with E-state index >= 15 is 0 Å². The van der Waals surface area contributed by atoms with Crippen LogP contribution in [0.15, 0.2) is 47.6 Å². The van der Waals surface area contributed by atoms with Crippen LogP contribution in [0.5, 0.6) is 5.75 Å². The number of anilines is 1. The van der Waals surface area contributed by atoms with Crippen molar-refractivity contribution in [3.63, 3.8) is 0 Å². The fourth-order valence-corrected chi connectivity index (χ4v) is 2.81. The Hall–Kier alpha value is -2.12. The van der Waals surface area contributed by atoms with Gasteiger partial charge < -0.3 is 10.5 Å². The van der Waals surface area contributed by atoms with Crippen molar-refractivity contribution in [2.45, 2.75) is 11.4 Å². The molecule has 0 amide bonds. The van der Waals surface area contributed by atoms with Gasteiger partial charge in [0.25, 0.3) is 10.0 Å². The fraction of sp³-hybridized carbons (Fsp3) is 0.154. The number of pyridine rings is 1. The number of rotatable bonds is 5. The summed E-state index contributed by atoms with van der Waals surface area (Å²) in [5.41, 5.74) is 6.61. The molecule has 0 radical (unpaired) electrons. The molecule has 2 rings (SSSR count). The average molecular weight is 293 g/mol. The van der Waals surface area contributed by atoms with E-state index in [1.165, 1.54) is 25.4 Å². The van der Waals surface area contributed by atoms with Crippen molar-refractivity contribution in [1.29, 1.82) is 0 Å². The van der Waals surface area contributed by atoms with Gasteiger partial charge in [0.05, 0.1) is 23.9 Å². The summed E-state index contributed by atoms with van der Waals surface area (Å²) in [5, 5.41) is 0. The Morgan fingerprint density at radius 1 is 1.35 bits per heavy atom. The number of hydrogen-bond donors (Lipinski definition) is 2. The van der Waals surface area contributed by atoms with Gasteiger partial charge in [0.1, 0.15) is 5.75 Å². The Balaban J connectivity index is 2.35. The molecule has 1 heterocycles. The lowest BCUT2D eigenvalue weighted by Crippen LogP contribution is -2.14. The predicted molar refractivity (Wildman–Crippen MR) is 75.9 cm³/mol. The summed E-state index contributed by atoms with van der Waals surface area (Å²) in [6.07, 6.45) is 3.00. The molecule has 0 saturated heterocycles. The van der Waals surface area contributed by atoms with Gasteiger partial charge in [0, 0.05) is 18.3 Å². The van der Waals surface area contributed by atoms with E-state index in [-0.39, 0.29) is 11.4 Å². The smallest absolute Gasteiger partial charge is 0.261 e. The van der Waals surface area contributed by atoms with Crippen molar-refractivity contribution < 1.29 is 13.2 Å². The predicted octanol–water partition coefficient (Wildman–Crippen LogP) is 1.35. The van der Waals surface area contributed by atoms with Gasteiger partial charge in [-0.05, 0) is 30.3 Å². The largest absolute Gasteiger partial charge is 0.496 e. The maximum absolute atomic E-state index is 12.2. The Kier molecular flexibility index (Phi) is 4.21. The van der Waals surface area contributed by atoms with E-state index in [0.29, 0.717) is 17.0 Å². The Morgan fingerprint density at radius 3 is 2.75 bits per heavy atom. The lowest BCUT2D eigenvalue weighted by Gasteiger charge is -2.11. The first-order valence-corrected chi connectivity index (χ1v) is 7.35. The second-order valence-corrected chi connectivity index (χ2v) is 5.71. The maximum Gasteiger partial charge on any atom is 0.261 e. The molecule has 3 N–H and O–H groups in total. The van der Waals surface area contributed by atoms with Gasteiger partial charge in [-0.2, -0.15) is 0 Å². The molecule has 20 heavy (non-hydrogen) atoms. The van der Waals surface area contributed by atoms with E-state index in [1.54, 1.807) is 24.4 Å². The zero-order valence-electron chi connectivity index (χ0n) is 10.9. The second kappa shape index (κ2) is 5.89. The standard InChI is InChI=1S/C13H15N3O3S/c1-19-13-5-4-12(7-10(13)8-14)20(17,18)16-11-3-2-6-15-9-11/h2-7,9,16H,8,14H2,1H3. The fourth-order valence-electron chi connectivity index (χ4n) is 1.72. The number of sulfonamides is 1. The van der Waals surface area contributed by atoms with Gasteiger partial charge in [0.15, 0.2) is 0 Å². The molecule has 0 unspecified atom stereocenters. The first kappa shape index (κ1) is 14.3. The number of nitrogens with two attached hydrogens (primary N) is 1. The molecule has 1 aromatic heterocycles. The normalized spacial score (nSPS) is 11.1. The minimum absolute atomic E-state index is 0.127. The highest BCUT2D eigenvalue weighted by Crippen LogP contribution is 2.23. The lowest BCUT2D eigenvalue weighted by molar-refractivity contribution is 0.409. The number of ether oxygens (including phenoxy) is 1. The second-order valence-electron chi connectivity index (χ2n) is 4.02. The van der Waals surface area contributed by atoms with Crippen molar-refractivity contribution >= 4 is 15.7 Å². The number of aromatic nitrogens is 1. The van der Waals surface area contributed by atoms with Gasteiger partial charge in [-0.15, -0.1) is 0 Å². The summed E-state index contributed by atoms with van der Waals surface area (Å²) in [5.74, 6) is 0.563. The summed E-state index contributed by atoms with van der Waals surface area (Å²) in [4.78, 5) is 3.98. The number of benzene rings is 1.